The van der Waals surface area contributed by atoms with E-state index in [2.05, 4.69) is 79.6 Å². The molecule has 57 heavy (non-hydrogen) atoms. The Morgan fingerprint density at radius 3 is 2.60 bits per heavy atom. The Morgan fingerprint density at radius 1 is 0.930 bits per heavy atom. The van der Waals surface area contributed by atoms with E-state index in [1.165, 1.54) is 5.56 Å². The number of aliphatic hydroxyl groups excluding tert-OH is 1. The Kier molecular flexibility index (Phi) is 11.5. The number of hydrogen-bond donors (Lipinski definition) is 2. The maximum absolute atomic E-state index is 13.8. The molecule has 294 valence electrons. The summed E-state index contributed by atoms with van der Waals surface area (Å²) >= 11 is 0. The monoisotopic (exact) mass is 762 g/mol. The van der Waals surface area contributed by atoms with E-state index in [0.717, 1.165) is 90.0 Å². The second-order valence-corrected chi connectivity index (χ2v) is 16.6. The van der Waals surface area contributed by atoms with E-state index in [1.54, 1.807) is 13.2 Å². The lowest BCUT2D eigenvalue weighted by Crippen LogP contribution is -2.25. The van der Waals surface area contributed by atoms with E-state index in [4.69, 9.17) is 14.2 Å². The van der Waals surface area contributed by atoms with Crippen molar-refractivity contribution in [2.24, 2.45) is 11.8 Å². The first-order chi connectivity index (χ1) is 27.8. The van der Waals surface area contributed by atoms with Gasteiger partial charge < -0.3 is 24.4 Å². The molecule has 0 unspecified atom stereocenters. The average molecular weight is 763 g/mol. The molecule has 6 nitrogen and oxygen atoms in total. The minimum Gasteiger partial charge on any atom is -0.508 e. The van der Waals surface area contributed by atoms with Crippen molar-refractivity contribution in [1.29, 1.82) is 0 Å². The van der Waals surface area contributed by atoms with Crippen LogP contribution in [0.15, 0.2) is 96.8 Å². The molecule has 0 amide bonds. The van der Waals surface area contributed by atoms with E-state index < -0.39 is 11.5 Å². The van der Waals surface area contributed by atoms with Gasteiger partial charge in [0.1, 0.15) is 36.1 Å². The summed E-state index contributed by atoms with van der Waals surface area (Å²) in [5.41, 5.74) is 5.86. The molecular weight excluding hydrogens is 709 g/mol. The van der Waals surface area contributed by atoms with Crippen molar-refractivity contribution in [1.82, 2.24) is 0 Å². The number of fused-ring (bicyclic) bond motifs is 8. The third-order valence-corrected chi connectivity index (χ3v) is 12.8. The summed E-state index contributed by atoms with van der Waals surface area (Å²) in [7, 11) is 1.64. The average Bonchev–Trinajstić information content (AvgIpc) is 3.69. The third kappa shape index (κ3) is 8.35. The van der Waals surface area contributed by atoms with Crippen LogP contribution in [0.25, 0.3) is 16.8 Å². The van der Waals surface area contributed by atoms with Gasteiger partial charge in [0.2, 0.25) is 0 Å². The molecule has 4 atom stereocenters. The number of methoxy groups -OCH3 is 1. The number of benzene rings is 4. The van der Waals surface area contributed by atoms with Crippen LogP contribution in [-0.4, -0.2) is 29.2 Å². The predicted molar refractivity (Wildman–Crippen MR) is 227 cm³/mol. The zero-order chi connectivity index (χ0) is 39.4. The zero-order valence-corrected chi connectivity index (χ0v) is 33.3. The molecule has 1 fully saturated rings. The number of carbonyl (C=O) groups excluding carboxylic acids is 1. The molecule has 0 aromatic heterocycles. The van der Waals surface area contributed by atoms with Gasteiger partial charge in [0.05, 0.1) is 12.5 Å². The number of ether oxygens (including phenoxy) is 3. The number of phenols is 1. The molecule has 0 saturated heterocycles. The standard InChI is InChI=1S/C51H54O6/c1-34-14-21-43-38-18-22-44-49(43)45(34)32-46(54)50(44)51(24-8-9-25-51)26-27-56-42(31-41(53)19-15-36-16-23-47(55-2)48(28-36)57-33-38)30-39-29-40(52)20-17-37(39)13-7-6-12-35-10-4-3-5-11-35/h3-5,10-11,14,16-18,20-23,28-29,32,34,37,39,42,52,54H,6-9,12-13,15,19,24-25,30-31,33H2,1-2H3/t34-,37+,39-,42-/m0/s1. The maximum Gasteiger partial charge on any atom is 0.161 e. The molecule has 6 heteroatoms. The number of carbonyl (C=O) groups is 1. The molecule has 6 bridgehead atoms. The van der Waals surface area contributed by atoms with Gasteiger partial charge in [-0.3, -0.25) is 4.79 Å². The van der Waals surface area contributed by atoms with Crippen molar-refractivity contribution in [3.8, 4) is 29.3 Å². The highest BCUT2D eigenvalue weighted by Crippen LogP contribution is 2.51. The largest absolute Gasteiger partial charge is 0.508 e. The van der Waals surface area contributed by atoms with E-state index in [-0.39, 0.29) is 41.5 Å². The lowest BCUT2D eigenvalue weighted by molar-refractivity contribution is -0.121. The highest BCUT2D eigenvalue weighted by atomic mass is 16.5. The molecule has 3 aliphatic carbocycles. The predicted octanol–water partition coefficient (Wildman–Crippen LogP) is 11.4. The normalized spacial score (nSPS) is 22.6. The van der Waals surface area contributed by atoms with Crippen LogP contribution in [0.1, 0.15) is 110 Å². The summed E-state index contributed by atoms with van der Waals surface area (Å²) in [6.07, 6.45) is 22.4. The number of allylic oxidation sites excluding steroid dienone is 4. The Bertz CT molecular complexity index is 2260. The van der Waals surface area contributed by atoms with Crippen molar-refractivity contribution in [3.05, 3.63) is 130 Å². The maximum atomic E-state index is 13.8. The summed E-state index contributed by atoms with van der Waals surface area (Å²) < 4.78 is 18.7. The van der Waals surface area contributed by atoms with Gasteiger partial charge in [0, 0.05) is 24.3 Å². The van der Waals surface area contributed by atoms with Crippen LogP contribution in [0.4, 0.5) is 0 Å². The molecular formula is C51H54O6. The molecule has 1 spiro atoms. The van der Waals surface area contributed by atoms with E-state index in [9.17, 15) is 15.0 Å². The number of unbranched alkanes of at least 4 members (excludes halogenated alkanes) is 1. The quantitative estimate of drug-likeness (QED) is 0.137. The highest BCUT2D eigenvalue weighted by molar-refractivity contribution is 6.01. The van der Waals surface area contributed by atoms with E-state index in [0.29, 0.717) is 37.4 Å². The number of aryl methyl sites for hydroxylation is 2. The van der Waals surface area contributed by atoms with Gasteiger partial charge in [-0.25, -0.2) is 0 Å². The second kappa shape index (κ2) is 17.0. The van der Waals surface area contributed by atoms with Gasteiger partial charge >= 0.3 is 0 Å². The van der Waals surface area contributed by atoms with E-state index >= 15 is 0 Å². The van der Waals surface area contributed by atoms with Gasteiger partial charge in [0.15, 0.2) is 11.5 Å². The number of phenolic OH excluding ortho intramolecular Hbond substituents is 1. The minimum absolute atomic E-state index is 0.00315. The van der Waals surface area contributed by atoms with Crippen LogP contribution in [0.5, 0.6) is 17.2 Å². The van der Waals surface area contributed by atoms with Crippen LogP contribution in [0, 0.1) is 23.9 Å². The Morgan fingerprint density at radius 2 is 1.77 bits per heavy atom. The van der Waals surface area contributed by atoms with Crippen LogP contribution < -0.4 is 9.47 Å². The van der Waals surface area contributed by atoms with Crippen molar-refractivity contribution in [2.75, 3.05) is 7.11 Å². The molecule has 4 aromatic rings. The number of hydrogen-bond acceptors (Lipinski definition) is 6. The first-order valence-electron chi connectivity index (χ1n) is 20.9. The lowest BCUT2D eigenvalue weighted by atomic mass is 9.73. The van der Waals surface area contributed by atoms with E-state index in [1.807, 2.05) is 30.3 Å². The smallest absolute Gasteiger partial charge is 0.161 e. The minimum atomic E-state index is -0.598. The van der Waals surface area contributed by atoms with Gasteiger partial charge in [-0.1, -0.05) is 92.9 Å². The van der Waals surface area contributed by atoms with Gasteiger partial charge in [-0.05, 0) is 132 Å². The molecule has 0 radical (unpaired) electrons. The van der Waals surface area contributed by atoms with Crippen LogP contribution in [0.2, 0.25) is 0 Å². The summed E-state index contributed by atoms with van der Waals surface area (Å²) in [5.74, 6) is 5.84. The highest BCUT2D eigenvalue weighted by Gasteiger charge is 2.39. The number of ketones is 1. The van der Waals surface area contributed by atoms with Crippen molar-refractivity contribution in [3.63, 3.8) is 0 Å². The number of aliphatic hydroxyl groups is 1. The SMILES string of the molecule is COc1ccc2cc1OCc1ccc3c(c(O)cc4c3c1C=C[C@@H]4C)C1(C#CO[C@@H](C[C@@H]3C=C(O)C=C[C@H]3CCCCc3ccccc3)CC(=O)CC2)CCCC1. The molecule has 1 saturated carbocycles. The lowest BCUT2D eigenvalue weighted by Gasteiger charge is -2.30. The molecule has 9 rings (SSSR count). The number of Topliss-reactive ketones (excluding diaryl/α,β-unsaturated/α-hetero) is 1. The fourth-order valence-corrected chi connectivity index (χ4v) is 9.69. The van der Waals surface area contributed by atoms with Crippen molar-refractivity contribution < 1.29 is 29.2 Å². The van der Waals surface area contributed by atoms with Crippen LogP contribution >= 0.6 is 0 Å². The Balaban J connectivity index is 1.14. The first-order valence-corrected chi connectivity index (χ1v) is 20.9. The molecule has 5 aliphatic rings. The van der Waals surface area contributed by atoms with Gasteiger partial charge in [-0.15, -0.1) is 0 Å². The summed E-state index contributed by atoms with van der Waals surface area (Å²) in [6.45, 7) is 2.51. The molecule has 4 aromatic carbocycles. The van der Waals surface area contributed by atoms with Gasteiger partial charge in [0.25, 0.3) is 0 Å². The summed E-state index contributed by atoms with van der Waals surface area (Å²) in [6, 6.07) is 22.7. The fraction of sp³-hybridized carbons (Fsp3) is 0.392. The number of aromatic hydroxyl groups is 1. The summed E-state index contributed by atoms with van der Waals surface area (Å²) in [4.78, 5) is 13.8. The molecule has 2 N–H and O–H groups in total. The van der Waals surface area contributed by atoms with Crippen molar-refractivity contribution >= 4 is 22.6 Å². The number of rotatable bonds is 8. The second-order valence-electron chi connectivity index (χ2n) is 16.6. The third-order valence-electron chi connectivity index (χ3n) is 12.8. The topological polar surface area (TPSA) is 85.2 Å². The summed E-state index contributed by atoms with van der Waals surface area (Å²) in [5, 5.41) is 24.7. The Labute approximate surface area is 337 Å². The Hall–Kier alpha value is -5.41. The molecule has 2 heterocycles. The fourth-order valence-electron chi connectivity index (χ4n) is 9.69. The van der Waals surface area contributed by atoms with Crippen molar-refractivity contribution in [2.45, 2.75) is 108 Å². The van der Waals surface area contributed by atoms with Gasteiger partial charge in [-0.2, -0.15) is 0 Å². The first kappa shape index (κ1) is 38.5. The zero-order valence-electron chi connectivity index (χ0n) is 33.3. The van der Waals surface area contributed by atoms with Crippen LogP contribution in [-0.2, 0) is 34.4 Å². The molecule has 2 aliphatic heterocycles. The van der Waals surface area contributed by atoms with Crippen LogP contribution in [0.3, 0.4) is 0 Å².